The van der Waals surface area contributed by atoms with Crippen molar-refractivity contribution in [3.8, 4) is 0 Å². The molecular formula is C9H9ClN2. The minimum atomic E-state index is 0.167. The van der Waals surface area contributed by atoms with Crippen molar-refractivity contribution in [1.29, 1.82) is 0 Å². The van der Waals surface area contributed by atoms with Gasteiger partial charge in [-0.25, -0.2) is 0 Å². The lowest BCUT2D eigenvalue weighted by molar-refractivity contribution is 0.708. The fraction of sp³-hybridized carbons (Fsp3) is 0.333. The monoisotopic (exact) mass is 180 g/mol. The highest BCUT2D eigenvalue weighted by atomic mass is 35.5. The van der Waals surface area contributed by atoms with E-state index >= 15 is 0 Å². The Hall–Kier alpha value is -0.890. The van der Waals surface area contributed by atoms with E-state index in [1.54, 1.807) is 6.20 Å². The van der Waals surface area contributed by atoms with Crippen LogP contribution in [0.4, 0.5) is 0 Å². The zero-order chi connectivity index (χ0) is 8.55. The summed E-state index contributed by atoms with van der Waals surface area (Å²) in [5.41, 5.74) is 1.10. The normalized spacial score (nSPS) is 32.5. The molecule has 0 aromatic rings. The Morgan fingerprint density at radius 2 is 2.25 bits per heavy atom. The quantitative estimate of drug-likeness (QED) is 0.546. The smallest absolute Gasteiger partial charge is 0.123 e. The Balaban J connectivity index is 2.33. The summed E-state index contributed by atoms with van der Waals surface area (Å²) in [6, 6.07) is 0.167. The van der Waals surface area contributed by atoms with Crippen LogP contribution in [0.5, 0.6) is 0 Å². The number of hydrogen-bond acceptors (Lipinski definition) is 2. The summed E-state index contributed by atoms with van der Waals surface area (Å²) in [5.74, 6) is 0.317. The van der Waals surface area contributed by atoms with Crippen LogP contribution >= 0.6 is 11.6 Å². The Morgan fingerprint density at radius 3 is 3.08 bits per heavy atom. The van der Waals surface area contributed by atoms with Crippen molar-refractivity contribution in [2.45, 2.75) is 13.0 Å². The second-order valence-electron chi connectivity index (χ2n) is 2.94. The summed E-state index contributed by atoms with van der Waals surface area (Å²) in [6.07, 6.45) is 7.66. The molecule has 12 heavy (non-hydrogen) atoms. The number of allylic oxidation sites excluding steroid dienone is 1. The molecule has 0 N–H and O–H groups in total. The molecule has 62 valence electrons. The predicted molar refractivity (Wildman–Crippen MR) is 52.0 cm³/mol. The van der Waals surface area contributed by atoms with Crippen LogP contribution in [-0.4, -0.2) is 16.9 Å². The van der Waals surface area contributed by atoms with Gasteiger partial charge in [-0.15, -0.1) is 0 Å². The van der Waals surface area contributed by atoms with E-state index in [0.29, 0.717) is 11.1 Å². The molecule has 0 saturated carbocycles. The first-order valence-corrected chi connectivity index (χ1v) is 4.27. The highest BCUT2D eigenvalue weighted by Crippen LogP contribution is 2.22. The fourth-order valence-corrected chi connectivity index (χ4v) is 1.63. The van der Waals surface area contributed by atoms with Gasteiger partial charge in [-0.05, 0) is 19.1 Å². The lowest BCUT2D eigenvalue weighted by atomic mass is 9.92. The number of aliphatic imine (C=N–C) groups is 2. The minimum Gasteiger partial charge on any atom is -0.266 e. The van der Waals surface area contributed by atoms with Gasteiger partial charge in [-0.2, -0.15) is 0 Å². The maximum absolute atomic E-state index is 5.77. The first kappa shape index (κ1) is 7.74. The third kappa shape index (κ3) is 1.23. The molecule has 2 aliphatic heterocycles. The molecule has 2 heterocycles. The zero-order valence-corrected chi connectivity index (χ0v) is 7.49. The van der Waals surface area contributed by atoms with Gasteiger partial charge in [0.15, 0.2) is 0 Å². The zero-order valence-electron chi connectivity index (χ0n) is 6.74. The van der Waals surface area contributed by atoms with Gasteiger partial charge < -0.3 is 0 Å². The molecule has 2 nitrogen and oxygen atoms in total. The molecule has 2 atom stereocenters. The average molecular weight is 181 g/mol. The van der Waals surface area contributed by atoms with Crippen LogP contribution in [0.3, 0.4) is 0 Å². The largest absolute Gasteiger partial charge is 0.266 e. The van der Waals surface area contributed by atoms with Gasteiger partial charge in [0, 0.05) is 17.8 Å². The number of hydrogen-bond donors (Lipinski definition) is 0. The molecule has 0 radical (unpaired) electrons. The number of fused-ring (bicyclic) bond motifs is 1. The summed E-state index contributed by atoms with van der Waals surface area (Å²) in [4.78, 5) is 8.49. The molecule has 0 amide bonds. The van der Waals surface area contributed by atoms with E-state index in [-0.39, 0.29) is 6.04 Å². The van der Waals surface area contributed by atoms with Crippen LogP contribution in [0.2, 0.25) is 0 Å². The van der Waals surface area contributed by atoms with Crippen molar-refractivity contribution in [2.24, 2.45) is 15.9 Å². The minimum absolute atomic E-state index is 0.167. The number of halogens is 1. The summed E-state index contributed by atoms with van der Waals surface area (Å²) in [5, 5.41) is 0.579. The van der Waals surface area contributed by atoms with Gasteiger partial charge in [0.25, 0.3) is 0 Å². The topological polar surface area (TPSA) is 24.7 Å². The van der Waals surface area contributed by atoms with Crippen molar-refractivity contribution in [3.63, 3.8) is 0 Å². The van der Waals surface area contributed by atoms with Crippen molar-refractivity contribution >= 4 is 22.5 Å². The molecule has 0 bridgehead atoms. The maximum atomic E-state index is 5.77. The van der Waals surface area contributed by atoms with Crippen molar-refractivity contribution < 1.29 is 0 Å². The van der Waals surface area contributed by atoms with Crippen molar-refractivity contribution in [3.05, 3.63) is 24.4 Å². The van der Waals surface area contributed by atoms with Gasteiger partial charge in [-0.1, -0.05) is 17.7 Å². The van der Waals surface area contributed by atoms with Gasteiger partial charge in [0.05, 0.1) is 6.04 Å². The van der Waals surface area contributed by atoms with Crippen LogP contribution in [-0.2, 0) is 0 Å². The lowest BCUT2D eigenvalue weighted by Gasteiger charge is -2.23. The summed E-state index contributed by atoms with van der Waals surface area (Å²) in [7, 11) is 0. The number of dihydropyridines is 1. The molecule has 0 spiro atoms. The molecule has 0 aromatic heterocycles. The molecule has 2 aliphatic rings. The summed E-state index contributed by atoms with van der Waals surface area (Å²) >= 11 is 5.77. The fourth-order valence-electron chi connectivity index (χ4n) is 1.45. The van der Waals surface area contributed by atoms with Gasteiger partial charge in [0.2, 0.25) is 0 Å². The second-order valence-corrected chi connectivity index (χ2v) is 3.33. The molecule has 3 heteroatoms. The van der Waals surface area contributed by atoms with Crippen molar-refractivity contribution in [1.82, 2.24) is 0 Å². The Kier molecular flexibility index (Phi) is 1.85. The van der Waals surface area contributed by atoms with Crippen LogP contribution < -0.4 is 0 Å². The van der Waals surface area contributed by atoms with E-state index in [9.17, 15) is 0 Å². The van der Waals surface area contributed by atoms with E-state index < -0.39 is 0 Å². The standard InChI is InChI=1S/C9H9ClN2/c1-6-7-2-3-9(10)12-8(7)4-5-11-6/h2-5,7-8H,1H3. The van der Waals surface area contributed by atoms with Crippen LogP contribution in [0, 0.1) is 5.92 Å². The molecule has 0 aromatic carbocycles. The highest BCUT2D eigenvalue weighted by molar-refractivity contribution is 6.68. The van der Waals surface area contributed by atoms with Crippen LogP contribution in [0.15, 0.2) is 34.4 Å². The molecule has 2 rings (SSSR count). The molecule has 0 aliphatic carbocycles. The molecule has 0 saturated heterocycles. The van der Waals surface area contributed by atoms with Crippen molar-refractivity contribution in [2.75, 3.05) is 0 Å². The van der Waals surface area contributed by atoms with Crippen LogP contribution in [0.25, 0.3) is 0 Å². The molecule has 0 fully saturated rings. The second kappa shape index (κ2) is 2.87. The van der Waals surface area contributed by atoms with Gasteiger partial charge >= 0.3 is 0 Å². The maximum Gasteiger partial charge on any atom is 0.123 e. The Labute approximate surface area is 76.4 Å². The first-order chi connectivity index (χ1) is 5.77. The van der Waals surface area contributed by atoms with E-state index in [0.717, 1.165) is 5.71 Å². The third-order valence-electron chi connectivity index (χ3n) is 2.13. The van der Waals surface area contributed by atoms with E-state index in [4.69, 9.17) is 11.6 Å². The van der Waals surface area contributed by atoms with Gasteiger partial charge in [-0.3, -0.25) is 9.98 Å². The lowest BCUT2D eigenvalue weighted by Crippen LogP contribution is -2.26. The SMILES string of the molecule is CC1=NC=CC2N=C(Cl)C=CC12. The van der Waals surface area contributed by atoms with Crippen LogP contribution in [0.1, 0.15) is 6.92 Å². The summed E-state index contributed by atoms with van der Waals surface area (Å²) in [6.45, 7) is 2.01. The van der Waals surface area contributed by atoms with E-state index in [1.165, 1.54) is 0 Å². The predicted octanol–water partition coefficient (Wildman–Crippen LogP) is 2.17. The number of nitrogens with zero attached hydrogens (tertiary/aromatic N) is 2. The Bertz CT molecular complexity index is 312. The van der Waals surface area contributed by atoms with Gasteiger partial charge in [0.1, 0.15) is 5.17 Å². The number of rotatable bonds is 0. The highest BCUT2D eigenvalue weighted by Gasteiger charge is 2.23. The third-order valence-corrected chi connectivity index (χ3v) is 2.35. The van der Waals surface area contributed by atoms with E-state index in [1.807, 2.05) is 19.1 Å². The Morgan fingerprint density at radius 1 is 1.42 bits per heavy atom. The molecular weight excluding hydrogens is 172 g/mol. The first-order valence-electron chi connectivity index (χ1n) is 3.90. The molecule has 2 unspecified atom stereocenters. The van der Waals surface area contributed by atoms with E-state index in [2.05, 4.69) is 16.1 Å². The summed E-state index contributed by atoms with van der Waals surface area (Å²) < 4.78 is 0. The average Bonchev–Trinajstić information content (AvgIpc) is 2.04.